The molecule has 7 nitrogen and oxygen atoms in total. The van der Waals surface area contributed by atoms with Crippen molar-refractivity contribution in [1.29, 1.82) is 0 Å². The Hall–Kier alpha value is -2.05. The molecule has 26 heavy (non-hydrogen) atoms. The normalized spacial score (nSPS) is 19.1. The third-order valence-corrected chi connectivity index (χ3v) is 4.54. The first kappa shape index (κ1) is 20.3. The minimum atomic E-state index is -0.606. The molecule has 1 aliphatic heterocycles. The van der Waals surface area contributed by atoms with Crippen LogP contribution in [-0.2, 0) is 14.3 Å². The van der Waals surface area contributed by atoms with Gasteiger partial charge in [-0.05, 0) is 59.3 Å². The molecule has 2 aliphatic rings. The van der Waals surface area contributed by atoms with E-state index in [0.29, 0.717) is 19.0 Å². The van der Waals surface area contributed by atoms with Crippen LogP contribution in [0.1, 0.15) is 53.4 Å². The van der Waals surface area contributed by atoms with Crippen molar-refractivity contribution in [3.63, 3.8) is 0 Å². The maximum atomic E-state index is 12.3. The number of hydrogen-bond acceptors (Lipinski definition) is 4. The molecular formula is C19H31N3O4. The molecule has 1 saturated heterocycles. The number of rotatable bonds is 5. The first-order valence-electron chi connectivity index (χ1n) is 9.37. The van der Waals surface area contributed by atoms with E-state index >= 15 is 0 Å². The molecule has 2 N–H and O–H groups in total. The highest BCUT2D eigenvalue weighted by Crippen LogP contribution is 2.36. The number of allylic oxidation sites excluding steroid dienone is 1. The lowest BCUT2D eigenvalue weighted by Crippen LogP contribution is -2.48. The summed E-state index contributed by atoms with van der Waals surface area (Å²) in [5, 5.41) is 5.35. The van der Waals surface area contributed by atoms with E-state index in [1.54, 1.807) is 26.8 Å². The number of nitrogens with one attached hydrogen (secondary N) is 2. The van der Waals surface area contributed by atoms with Gasteiger partial charge in [0.05, 0.1) is 0 Å². The number of carbonyl (C=O) groups is 3. The molecule has 0 radical (unpaired) electrons. The van der Waals surface area contributed by atoms with Crippen LogP contribution in [0.15, 0.2) is 11.6 Å². The Morgan fingerprint density at radius 1 is 1.12 bits per heavy atom. The van der Waals surface area contributed by atoms with Crippen LogP contribution >= 0.6 is 0 Å². The van der Waals surface area contributed by atoms with Gasteiger partial charge < -0.3 is 20.3 Å². The van der Waals surface area contributed by atoms with Gasteiger partial charge in [-0.3, -0.25) is 9.59 Å². The van der Waals surface area contributed by atoms with E-state index in [0.717, 1.165) is 12.8 Å². The summed E-state index contributed by atoms with van der Waals surface area (Å²) in [5.41, 5.74) is 0.588. The van der Waals surface area contributed by atoms with Crippen LogP contribution in [0.5, 0.6) is 0 Å². The summed E-state index contributed by atoms with van der Waals surface area (Å²) < 4.78 is 5.09. The number of carbonyl (C=O) groups excluding carboxylic acids is 3. The first-order valence-corrected chi connectivity index (χ1v) is 9.37. The van der Waals surface area contributed by atoms with Gasteiger partial charge in [-0.15, -0.1) is 0 Å². The number of ether oxygens (including phenoxy) is 1. The number of likely N-dealkylation sites (tertiary alicyclic amines) is 1. The Bertz CT molecular complexity index is 568. The molecule has 0 unspecified atom stereocenters. The van der Waals surface area contributed by atoms with E-state index in [-0.39, 0.29) is 24.4 Å². The topological polar surface area (TPSA) is 87.7 Å². The molecule has 0 aromatic heterocycles. The zero-order chi connectivity index (χ0) is 19.3. The standard InChI is InChI=1S/C19H31N3O4/c1-13(14-5-6-14)11-17(24)22-9-7-15(8-10-22)21-16(23)12-20-18(25)26-19(2,3)4/h11,14-15H,5-10,12H2,1-4H3,(H,20,25)(H,21,23)/b13-11+. The van der Waals surface area contributed by atoms with Crippen LogP contribution in [0.3, 0.4) is 0 Å². The molecule has 3 amide bonds. The van der Waals surface area contributed by atoms with E-state index < -0.39 is 11.7 Å². The van der Waals surface area contributed by atoms with Gasteiger partial charge in [-0.25, -0.2) is 4.79 Å². The summed E-state index contributed by atoms with van der Waals surface area (Å²) in [5.74, 6) is 0.434. The van der Waals surface area contributed by atoms with Crippen molar-refractivity contribution in [1.82, 2.24) is 15.5 Å². The second-order valence-corrected chi connectivity index (χ2v) is 8.19. The average Bonchev–Trinajstić information content (AvgIpc) is 3.37. The van der Waals surface area contributed by atoms with Crippen LogP contribution in [-0.4, -0.2) is 54.1 Å². The monoisotopic (exact) mass is 365 g/mol. The van der Waals surface area contributed by atoms with E-state index in [4.69, 9.17) is 4.74 Å². The van der Waals surface area contributed by atoms with Crippen molar-refractivity contribution in [2.24, 2.45) is 5.92 Å². The molecule has 2 rings (SSSR count). The summed E-state index contributed by atoms with van der Waals surface area (Å²) in [4.78, 5) is 37.6. The van der Waals surface area contributed by atoms with E-state index in [1.807, 2.05) is 11.8 Å². The molecule has 0 aromatic rings. The minimum absolute atomic E-state index is 0.0282. The Balaban J connectivity index is 1.66. The van der Waals surface area contributed by atoms with Crippen molar-refractivity contribution in [2.45, 2.75) is 65.0 Å². The highest BCUT2D eigenvalue weighted by atomic mass is 16.6. The maximum Gasteiger partial charge on any atom is 0.408 e. The third kappa shape index (κ3) is 7.06. The van der Waals surface area contributed by atoms with E-state index in [1.165, 1.54) is 18.4 Å². The Morgan fingerprint density at radius 3 is 2.27 bits per heavy atom. The van der Waals surface area contributed by atoms with Crippen LogP contribution in [0.2, 0.25) is 0 Å². The van der Waals surface area contributed by atoms with Gasteiger partial charge >= 0.3 is 6.09 Å². The number of amides is 3. The molecule has 1 aliphatic carbocycles. The van der Waals surface area contributed by atoms with Crippen molar-refractivity contribution < 1.29 is 19.1 Å². The smallest absolute Gasteiger partial charge is 0.408 e. The van der Waals surface area contributed by atoms with Gasteiger partial charge in [-0.2, -0.15) is 0 Å². The number of hydrogen-bond donors (Lipinski definition) is 2. The van der Waals surface area contributed by atoms with Crippen molar-refractivity contribution in [3.8, 4) is 0 Å². The molecule has 0 atom stereocenters. The number of alkyl carbamates (subject to hydrolysis) is 1. The lowest BCUT2D eigenvalue weighted by molar-refractivity contribution is -0.127. The Labute approximate surface area is 155 Å². The van der Waals surface area contributed by atoms with Crippen molar-refractivity contribution in [2.75, 3.05) is 19.6 Å². The second-order valence-electron chi connectivity index (χ2n) is 8.19. The molecule has 146 valence electrons. The molecule has 1 saturated carbocycles. The van der Waals surface area contributed by atoms with Gasteiger partial charge in [0.2, 0.25) is 11.8 Å². The Kier molecular flexibility index (Phi) is 6.67. The SMILES string of the molecule is C/C(=C\C(=O)N1CCC(NC(=O)CNC(=O)OC(C)(C)C)CC1)C1CC1. The van der Waals surface area contributed by atoms with Crippen LogP contribution < -0.4 is 10.6 Å². The van der Waals surface area contributed by atoms with Crippen molar-refractivity contribution in [3.05, 3.63) is 11.6 Å². The number of piperidine rings is 1. The average molecular weight is 365 g/mol. The zero-order valence-corrected chi connectivity index (χ0v) is 16.3. The molecule has 0 aromatic carbocycles. The molecule has 1 heterocycles. The molecule has 0 bridgehead atoms. The highest BCUT2D eigenvalue weighted by Gasteiger charge is 2.26. The second kappa shape index (κ2) is 8.56. The fourth-order valence-corrected chi connectivity index (χ4v) is 2.93. The summed E-state index contributed by atoms with van der Waals surface area (Å²) in [6.07, 6.45) is 5.00. The predicted molar refractivity (Wildman–Crippen MR) is 98.5 cm³/mol. The van der Waals surface area contributed by atoms with Crippen LogP contribution in [0, 0.1) is 5.92 Å². The predicted octanol–water partition coefficient (Wildman–Crippen LogP) is 1.97. The van der Waals surface area contributed by atoms with Gasteiger partial charge in [0.15, 0.2) is 0 Å². The summed E-state index contributed by atoms with van der Waals surface area (Å²) in [6, 6.07) is 0.0282. The fraction of sp³-hybridized carbons (Fsp3) is 0.737. The maximum absolute atomic E-state index is 12.3. The molecular weight excluding hydrogens is 334 g/mol. The summed E-state index contributed by atoms with van der Waals surface area (Å²) in [6.45, 7) is 8.49. The van der Waals surface area contributed by atoms with E-state index in [9.17, 15) is 14.4 Å². The number of nitrogens with zero attached hydrogens (tertiary/aromatic N) is 1. The quantitative estimate of drug-likeness (QED) is 0.729. The molecule has 2 fully saturated rings. The highest BCUT2D eigenvalue weighted by molar-refractivity contribution is 5.88. The van der Waals surface area contributed by atoms with Crippen LogP contribution in [0.25, 0.3) is 0 Å². The van der Waals surface area contributed by atoms with E-state index in [2.05, 4.69) is 10.6 Å². The third-order valence-electron chi connectivity index (χ3n) is 4.54. The Morgan fingerprint density at radius 2 is 1.73 bits per heavy atom. The molecule has 7 heteroatoms. The van der Waals surface area contributed by atoms with Gasteiger partial charge in [0.1, 0.15) is 12.1 Å². The van der Waals surface area contributed by atoms with Gasteiger partial charge in [0, 0.05) is 25.2 Å². The lowest BCUT2D eigenvalue weighted by Gasteiger charge is -2.32. The van der Waals surface area contributed by atoms with Gasteiger partial charge in [-0.1, -0.05) is 5.57 Å². The van der Waals surface area contributed by atoms with Gasteiger partial charge in [0.25, 0.3) is 0 Å². The zero-order valence-electron chi connectivity index (χ0n) is 16.3. The summed E-state index contributed by atoms with van der Waals surface area (Å²) in [7, 11) is 0. The first-order chi connectivity index (χ1) is 12.1. The lowest BCUT2D eigenvalue weighted by atomic mass is 10.0. The fourth-order valence-electron chi connectivity index (χ4n) is 2.93. The molecule has 0 spiro atoms. The van der Waals surface area contributed by atoms with Crippen molar-refractivity contribution >= 4 is 17.9 Å². The minimum Gasteiger partial charge on any atom is -0.444 e. The van der Waals surface area contributed by atoms with Crippen LogP contribution in [0.4, 0.5) is 4.79 Å². The largest absolute Gasteiger partial charge is 0.444 e. The summed E-state index contributed by atoms with van der Waals surface area (Å²) >= 11 is 0.